The van der Waals surface area contributed by atoms with Crippen molar-refractivity contribution in [3.8, 4) is 45.6 Å². The molecule has 8 rings (SSSR count). The Kier molecular flexibility index (Phi) is 17.8. The van der Waals surface area contributed by atoms with Crippen LogP contribution in [0.15, 0.2) is 85.5 Å². The number of nitrogens with zero attached hydrogens (tertiary/aromatic N) is 11. The van der Waals surface area contributed by atoms with Crippen molar-refractivity contribution in [2.75, 3.05) is 65.8 Å². The highest BCUT2D eigenvalue weighted by Gasteiger charge is 2.26. The fourth-order valence-electron chi connectivity index (χ4n) is 8.99. The third-order valence-corrected chi connectivity index (χ3v) is 14.5. The van der Waals surface area contributed by atoms with E-state index in [1.54, 1.807) is 76.5 Å². The molecule has 4 N–H and O–H groups in total. The summed E-state index contributed by atoms with van der Waals surface area (Å²) in [5, 5.41) is 23.2. The summed E-state index contributed by atoms with van der Waals surface area (Å²) < 4.78 is 71.6. The molecule has 0 unspecified atom stereocenters. The molecule has 0 spiro atoms. The zero-order valence-electron chi connectivity index (χ0n) is 49.5. The first kappa shape index (κ1) is 61.0. The molecule has 25 heteroatoms. The van der Waals surface area contributed by atoms with E-state index in [0.29, 0.717) is 45.3 Å². The van der Waals surface area contributed by atoms with E-state index in [4.69, 9.17) is 9.47 Å². The molecule has 4 heterocycles. The van der Waals surface area contributed by atoms with Gasteiger partial charge >= 0.3 is 0 Å². The van der Waals surface area contributed by atoms with E-state index >= 15 is 0 Å². The van der Waals surface area contributed by atoms with Crippen molar-refractivity contribution >= 4 is 60.6 Å². The zero-order chi connectivity index (χ0) is 60.4. The van der Waals surface area contributed by atoms with Crippen molar-refractivity contribution in [1.29, 1.82) is 0 Å². The number of sulfonamides is 2. The summed E-state index contributed by atoms with van der Waals surface area (Å²) in [5.74, 6) is 1.39. The van der Waals surface area contributed by atoms with Crippen LogP contribution in [0.5, 0.6) is 11.5 Å². The van der Waals surface area contributed by atoms with Gasteiger partial charge in [0.15, 0.2) is 11.5 Å². The number of rotatable bonds is 17. The number of carbonyl (C=O) groups is 2. The SMILES string of the molecule is CCc1ncc(-c2cn(-c3cc(C(=O)Nc4cc(C(C)(C)C)cc(NS(C)(=O)=O)c4OC)ccc3C)nn2)n1CC.COc1c(NC(=O)c2ccc(C)c(-n3cc(-c4cnc(N(C)C)n4C)nn3)c2)cc(C(C)(C)C)cc1NS(C)(=O)=O. The highest BCUT2D eigenvalue weighted by Crippen LogP contribution is 2.41. The second-order valence-electron chi connectivity index (χ2n) is 22.0. The summed E-state index contributed by atoms with van der Waals surface area (Å²) in [6, 6.07) is 17.6. The molecule has 82 heavy (non-hydrogen) atoms. The molecule has 0 aliphatic carbocycles. The molecule has 8 aromatic rings. The maximum absolute atomic E-state index is 13.5. The van der Waals surface area contributed by atoms with Gasteiger partial charge in [0.1, 0.15) is 17.2 Å². The van der Waals surface area contributed by atoms with Crippen LogP contribution in [0.1, 0.15) is 104 Å². The van der Waals surface area contributed by atoms with Gasteiger partial charge in [-0.1, -0.05) is 71.0 Å². The Morgan fingerprint density at radius 3 is 1.40 bits per heavy atom. The maximum atomic E-state index is 13.5. The molecular weight excluding hydrogens is 1090 g/mol. The third-order valence-electron chi connectivity index (χ3n) is 13.3. The van der Waals surface area contributed by atoms with Crippen molar-refractivity contribution in [3.63, 3.8) is 0 Å². The van der Waals surface area contributed by atoms with Gasteiger partial charge in [-0.25, -0.2) is 36.2 Å². The van der Waals surface area contributed by atoms with Crippen molar-refractivity contribution in [2.45, 2.75) is 93.0 Å². The third kappa shape index (κ3) is 13.9. The number of anilines is 5. The molecule has 436 valence electrons. The van der Waals surface area contributed by atoms with E-state index in [-0.39, 0.29) is 33.7 Å². The van der Waals surface area contributed by atoms with Crippen LogP contribution in [0.25, 0.3) is 34.2 Å². The molecule has 2 amide bonds. The Bertz CT molecular complexity index is 3920. The van der Waals surface area contributed by atoms with E-state index in [2.05, 4.69) is 69.1 Å². The average molecular weight is 1160 g/mol. The van der Waals surface area contributed by atoms with E-state index < -0.39 is 31.9 Å². The largest absolute Gasteiger partial charge is 0.492 e. The molecule has 4 aromatic carbocycles. The number of benzene rings is 4. The summed E-state index contributed by atoms with van der Waals surface area (Å²) in [4.78, 5) is 37.9. The highest BCUT2D eigenvalue weighted by molar-refractivity contribution is 7.92. The monoisotopic (exact) mass is 1160 g/mol. The van der Waals surface area contributed by atoms with Gasteiger partial charge < -0.3 is 34.1 Å². The molecule has 0 bridgehead atoms. The summed E-state index contributed by atoms with van der Waals surface area (Å²) >= 11 is 0. The Labute approximate surface area is 479 Å². The predicted octanol–water partition coefficient (Wildman–Crippen LogP) is 8.92. The first-order valence-electron chi connectivity index (χ1n) is 26.2. The second-order valence-corrected chi connectivity index (χ2v) is 25.5. The van der Waals surface area contributed by atoms with Gasteiger partial charge in [0.2, 0.25) is 26.0 Å². The molecule has 0 aliphatic rings. The van der Waals surface area contributed by atoms with E-state index in [0.717, 1.165) is 70.9 Å². The quantitative estimate of drug-likeness (QED) is 0.0663. The molecule has 0 aliphatic heterocycles. The van der Waals surface area contributed by atoms with E-state index in [1.165, 1.54) is 14.2 Å². The van der Waals surface area contributed by atoms with Crippen LogP contribution in [-0.4, -0.2) is 119 Å². The highest BCUT2D eigenvalue weighted by atomic mass is 32.2. The molecule has 0 radical (unpaired) electrons. The Morgan fingerprint density at radius 1 is 0.622 bits per heavy atom. The average Bonchev–Trinajstić information content (AvgIpc) is 4.33. The van der Waals surface area contributed by atoms with Gasteiger partial charge in [-0.3, -0.25) is 19.0 Å². The van der Waals surface area contributed by atoms with Crippen molar-refractivity contribution < 1.29 is 35.9 Å². The fourth-order valence-corrected chi connectivity index (χ4v) is 10.1. The van der Waals surface area contributed by atoms with Crippen LogP contribution in [0.2, 0.25) is 0 Å². The van der Waals surface area contributed by atoms with Gasteiger partial charge in [-0.2, -0.15) is 0 Å². The number of imidazole rings is 2. The van der Waals surface area contributed by atoms with E-state index in [9.17, 15) is 26.4 Å². The molecular formula is C57H73N15O8S2. The number of hydrogen-bond acceptors (Lipinski definition) is 15. The number of amides is 2. The molecule has 23 nitrogen and oxygen atoms in total. The first-order valence-corrected chi connectivity index (χ1v) is 30.0. The molecule has 0 saturated heterocycles. The number of hydrogen-bond donors (Lipinski definition) is 4. The lowest BCUT2D eigenvalue weighted by Crippen LogP contribution is -2.18. The van der Waals surface area contributed by atoms with Gasteiger partial charge in [0.25, 0.3) is 11.8 Å². The number of aromatic nitrogens is 10. The maximum Gasteiger partial charge on any atom is 0.255 e. The summed E-state index contributed by atoms with van der Waals surface area (Å²) in [5.41, 5.74) is 9.09. The van der Waals surface area contributed by atoms with Gasteiger partial charge in [0, 0.05) is 45.2 Å². The molecule has 0 atom stereocenters. The topological polar surface area (TPSA) is 269 Å². The van der Waals surface area contributed by atoms with Gasteiger partial charge in [0.05, 0.1) is 97.0 Å². The van der Waals surface area contributed by atoms with Crippen molar-refractivity contribution in [2.24, 2.45) is 7.05 Å². The van der Waals surface area contributed by atoms with E-state index in [1.807, 2.05) is 104 Å². The minimum absolute atomic E-state index is 0.207. The van der Waals surface area contributed by atoms with Crippen LogP contribution in [0.4, 0.5) is 28.7 Å². The van der Waals surface area contributed by atoms with Crippen molar-refractivity contribution in [3.05, 3.63) is 125 Å². The standard InChI is InChI=1S/C29H37N7O4S.C28H36N8O4S/c1-9-26-30-16-25(35(26)10-2)23-17-36(34-32-23)24-13-19(12-11-18(24)3)28(37)31-21-14-20(29(4,5)6)15-22(27(21)40-7)33-41(8,38)39;1-17-10-11-18(12-23(17)36-16-22(31-33-36)24-15-29-27(34(5)6)35(24)7)26(37)30-20-13-19(28(2,3)4)14-21(25(20)40-8)32-41(9,38)39/h11-17,33H,9-10H2,1-8H3,(H,31,37);10-16,32H,1-9H3,(H,30,37). The van der Waals surface area contributed by atoms with Crippen LogP contribution in [0, 0.1) is 13.8 Å². The van der Waals surface area contributed by atoms with Crippen LogP contribution >= 0.6 is 0 Å². The molecule has 4 aromatic heterocycles. The van der Waals surface area contributed by atoms with Gasteiger partial charge in [-0.05, 0) is 102 Å². The number of ether oxygens (including phenoxy) is 2. The van der Waals surface area contributed by atoms with Crippen LogP contribution < -0.4 is 34.5 Å². The summed E-state index contributed by atoms with van der Waals surface area (Å²) in [6.07, 6.45) is 10.1. The lowest BCUT2D eigenvalue weighted by molar-refractivity contribution is 0.101. The smallest absolute Gasteiger partial charge is 0.255 e. The predicted molar refractivity (Wildman–Crippen MR) is 321 cm³/mol. The normalized spacial score (nSPS) is 11.9. The molecule has 0 saturated carbocycles. The Hall–Kier alpha value is -8.58. The first-order chi connectivity index (χ1) is 38.3. The minimum atomic E-state index is -3.60. The lowest BCUT2D eigenvalue weighted by atomic mass is 9.86. The summed E-state index contributed by atoms with van der Waals surface area (Å²) in [7, 11) is 1.39. The number of nitrogens with one attached hydrogen (secondary N) is 4. The second kappa shape index (κ2) is 23.9. The Morgan fingerprint density at radius 2 is 1.04 bits per heavy atom. The fraction of sp³-hybridized carbons (Fsp3) is 0.368. The summed E-state index contributed by atoms with van der Waals surface area (Å²) in [6.45, 7) is 20.7. The minimum Gasteiger partial charge on any atom is -0.492 e. The van der Waals surface area contributed by atoms with Crippen molar-refractivity contribution in [1.82, 2.24) is 49.1 Å². The number of aryl methyl sites for hydroxylation is 3. The van der Waals surface area contributed by atoms with Gasteiger partial charge in [-0.15, -0.1) is 10.2 Å². The lowest BCUT2D eigenvalue weighted by Gasteiger charge is -2.24. The molecule has 0 fully saturated rings. The number of carbonyl (C=O) groups excluding carboxylic acids is 2. The number of methoxy groups -OCH3 is 2. The van der Waals surface area contributed by atoms with Crippen LogP contribution in [0.3, 0.4) is 0 Å². The van der Waals surface area contributed by atoms with Crippen LogP contribution in [-0.2, 0) is 50.9 Å². The zero-order valence-corrected chi connectivity index (χ0v) is 51.1. The Balaban J connectivity index is 0.000000236.